The standard InChI is InChI=1S/C45H32F6N4/c1-43(2,3)29-18-22-35-34-16-10-11-17-38(34)55(39(35)25-29)31-20-23-32(33-21-19-30(44(46,47)48)24-37(33)45(49,50)51)36(26-31)42-53-40(27-12-6-4-7-13-27)52-41(54-42)28-14-8-5-9-15-28/h4-26H,1-3H3. The maximum Gasteiger partial charge on any atom is 0.417 e. The van der Waals surface area contributed by atoms with Crippen molar-refractivity contribution < 1.29 is 26.3 Å². The zero-order valence-corrected chi connectivity index (χ0v) is 29.8. The van der Waals surface area contributed by atoms with Gasteiger partial charge in [0.1, 0.15) is 0 Å². The summed E-state index contributed by atoms with van der Waals surface area (Å²) >= 11 is 0. The molecule has 0 fully saturated rings. The lowest BCUT2D eigenvalue weighted by atomic mass is 9.86. The molecule has 0 N–H and O–H groups in total. The van der Waals surface area contributed by atoms with E-state index in [-0.39, 0.29) is 40.1 Å². The largest absolute Gasteiger partial charge is 0.417 e. The molecule has 274 valence electrons. The fourth-order valence-electron chi connectivity index (χ4n) is 6.93. The molecule has 0 amide bonds. The molecule has 8 aromatic rings. The molecule has 0 bridgehead atoms. The lowest BCUT2D eigenvalue weighted by molar-refractivity contribution is -0.142. The van der Waals surface area contributed by atoms with E-state index < -0.39 is 29.0 Å². The van der Waals surface area contributed by atoms with E-state index in [2.05, 4.69) is 39.0 Å². The van der Waals surface area contributed by atoms with E-state index in [1.165, 1.54) is 6.07 Å². The number of nitrogens with zero attached hydrogens (tertiary/aromatic N) is 4. The van der Waals surface area contributed by atoms with Crippen molar-refractivity contribution in [3.63, 3.8) is 0 Å². The first-order valence-electron chi connectivity index (χ1n) is 17.5. The van der Waals surface area contributed by atoms with Gasteiger partial charge in [0.25, 0.3) is 0 Å². The predicted molar refractivity (Wildman–Crippen MR) is 205 cm³/mol. The second-order valence-corrected chi connectivity index (χ2v) is 14.4. The molecule has 55 heavy (non-hydrogen) atoms. The van der Waals surface area contributed by atoms with Gasteiger partial charge in [0.2, 0.25) is 0 Å². The van der Waals surface area contributed by atoms with E-state index in [0.29, 0.717) is 22.9 Å². The summed E-state index contributed by atoms with van der Waals surface area (Å²) in [6.45, 7) is 6.35. The van der Waals surface area contributed by atoms with Crippen LogP contribution >= 0.6 is 0 Å². The minimum Gasteiger partial charge on any atom is -0.309 e. The van der Waals surface area contributed by atoms with E-state index in [1.54, 1.807) is 12.1 Å². The summed E-state index contributed by atoms with van der Waals surface area (Å²) in [6.07, 6.45) is -10.1. The van der Waals surface area contributed by atoms with Gasteiger partial charge in [-0.25, -0.2) is 15.0 Å². The van der Waals surface area contributed by atoms with Crippen LogP contribution in [0.25, 0.3) is 72.8 Å². The fourth-order valence-corrected chi connectivity index (χ4v) is 6.93. The fraction of sp³-hybridized carbons (Fsp3) is 0.133. The molecule has 0 aliphatic carbocycles. The molecule has 2 aromatic heterocycles. The first-order valence-corrected chi connectivity index (χ1v) is 17.5. The molecule has 0 aliphatic heterocycles. The SMILES string of the molecule is CC(C)(C)c1ccc2c3ccccc3n(-c3ccc(-c4ccc(C(F)(F)F)cc4C(F)(F)F)c(-c4nc(-c5ccccc5)nc(-c5ccccc5)n4)c3)c2c1. The summed E-state index contributed by atoms with van der Waals surface area (Å²) < 4.78 is 87.8. The van der Waals surface area contributed by atoms with Crippen molar-refractivity contribution in [1.29, 1.82) is 0 Å². The first kappa shape index (κ1) is 35.7. The number of para-hydroxylation sites is 1. The summed E-state index contributed by atoms with van der Waals surface area (Å²) in [7, 11) is 0. The molecule has 8 rings (SSSR count). The highest BCUT2D eigenvalue weighted by atomic mass is 19.4. The van der Waals surface area contributed by atoms with Crippen LogP contribution in [0.15, 0.2) is 140 Å². The van der Waals surface area contributed by atoms with Crippen LogP contribution in [0.3, 0.4) is 0 Å². The third-order valence-corrected chi connectivity index (χ3v) is 9.68. The number of hydrogen-bond donors (Lipinski definition) is 0. The Balaban J connectivity index is 1.47. The molecule has 0 saturated heterocycles. The summed E-state index contributed by atoms with van der Waals surface area (Å²) in [5.74, 6) is 0.598. The van der Waals surface area contributed by atoms with Crippen molar-refractivity contribution >= 4 is 21.8 Å². The molecule has 0 unspecified atom stereocenters. The Kier molecular flexibility index (Phi) is 8.59. The highest BCUT2D eigenvalue weighted by molar-refractivity contribution is 6.09. The molecule has 10 heteroatoms. The average Bonchev–Trinajstić information content (AvgIpc) is 3.51. The number of rotatable bonds is 5. The van der Waals surface area contributed by atoms with Gasteiger partial charge in [0.15, 0.2) is 17.5 Å². The number of benzene rings is 6. The van der Waals surface area contributed by atoms with Crippen LogP contribution < -0.4 is 0 Å². The van der Waals surface area contributed by atoms with Crippen LogP contribution in [0.2, 0.25) is 0 Å². The van der Waals surface area contributed by atoms with Gasteiger partial charge in [-0.3, -0.25) is 0 Å². The maximum atomic E-state index is 14.8. The van der Waals surface area contributed by atoms with Gasteiger partial charge in [-0.15, -0.1) is 0 Å². The minimum absolute atomic E-state index is 0.00479. The monoisotopic (exact) mass is 742 g/mol. The predicted octanol–water partition coefficient (Wildman–Crippen LogP) is 13.0. The third-order valence-electron chi connectivity index (χ3n) is 9.68. The summed E-state index contributed by atoms with van der Waals surface area (Å²) in [5, 5.41) is 1.96. The molecule has 0 atom stereocenters. The molecular formula is C45H32F6N4. The van der Waals surface area contributed by atoms with Crippen molar-refractivity contribution in [2.45, 2.75) is 38.5 Å². The summed E-state index contributed by atoms with van der Waals surface area (Å²) in [5.41, 5.74) is 1.42. The number of halogens is 6. The maximum absolute atomic E-state index is 14.8. The smallest absolute Gasteiger partial charge is 0.309 e. The molecule has 6 aromatic carbocycles. The second kappa shape index (κ2) is 13.2. The molecule has 0 radical (unpaired) electrons. The van der Waals surface area contributed by atoms with Gasteiger partial charge in [-0.2, -0.15) is 26.3 Å². The third kappa shape index (κ3) is 6.73. The van der Waals surface area contributed by atoms with Crippen LogP contribution in [-0.2, 0) is 17.8 Å². The van der Waals surface area contributed by atoms with Crippen molar-refractivity contribution in [1.82, 2.24) is 19.5 Å². The Labute approximate surface area is 312 Å². The number of aromatic nitrogens is 4. The molecule has 0 saturated carbocycles. The Bertz CT molecular complexity index is 2650. The number of hydrogen-bond acceptors (Lipinski definition) is 3. The van der Waals surface area contributed by atoms with Crippen molar-refractivity contribution in [2.24, 2.45) is 0 Å². The van der Waals surface area contributed by atoms with Crippen LogP contribution in [0, 0.1) is 0 Å². The van der Waals surface area contributed by atoms with E-state index >= 15 is 0 Å². The number of fused-ring (bicyclic) bond motifs is 3. The first-order chi connectivity index (χ1) is 26.2. The Morgan fingerprint density at radius 3 is 1.58 bits per heavy atom. The molecule has 2 heterocycles. The topological polar surface area (TPSA) is 43.6 Å². The van der Waals surface area contributed by atoms with Crippen molar-refractivity contribution in [3.05, 3.63) is 156 Å². The quantitative estimate of drug-likeness (QED) is 0.165. The van der Waals surface area contributed by atoms with Gasteiger partial charge in [0.05, 0.1) is 22.2 Å². The highest BCUT2D eigenvalue weighted by Gasteiger charge is 2.39. The van der Waals surface area contributed by atoms with Gasteiger partial charge in [-0.05, 0) is 58.5 Å². The van der Waals surface area contributed by atoms with Crippen molar-refractivity contribution in [3.8, 4) is 51.0 Å². The van der Waals surface area contributed by atoms with E-state index in [4.69, 9.17) is 15.0 Å². The normalized spacial score (nSPS) is 12.5. The summed E-state index contributed by atoms with van der Waals surface area (Å²) in [4.78, 5) is 14.4. The van der Waals surface area contributed by atoms with Gasteiger partial charge >= 0.3 is 12.4 Å². The van der Waals surface area contributed by atoms with E-state index in [1.807, 2.05) is 89.5 Å². The van der Waals surface area contributed by atoms with Crippen LogP contribution in [-0.4, -0.2) is 19.5 Å². The molecule has 0 spiro atoms. The van der Waals surface area contributed by atoms with E-state index in [0.717, 1.165) is 33.4 Å². The minimum atomic E-state index is -5.12. The molecule has 0 aliphatic rings. The zero-order valence-electron chi connectivity index (χ0n) is 29.8. The molecule has 4 nitrogen and oxygen atoms in total. The Morgan fingerprint density at radius 2 is 0.982 bits per heavy atom. The van der Waals surface area contributed by atoms with Crippen LogP contribution in [0.5, 0.6) is 0 Å². The average molecular weight is 743 g/mol. The van der Waals surface area contributed by atoms with Crippen molar-refractivity contribution in [2.75, 3.05) is 0 Å². The Morgan fingerprint density at radius 1 is 0.436 bits per heavy atom. The van der Waals surface area contributed by atoms with E-state index in [9.17, 15) is 26.3 Å². The molecular weight excluding hydrogens is 711 g/mol. The van der Waals surface area contributed by atoms with Gasteiger partial charge in [0, 0.05) is 33.2 Å². The lowest BCUT2D eigenvalue weighted by Gasteiger charge is -2.20. The van der Waals surface area contributed by atoms with Gasteiger partial charge < -0.3 is 4.57 Å². The van der Waals surface area contributed by atoms with Gasteiger partial charge in [-0.1, -0.05) is 124 Å². The highest BCUT2D eigenvalue weighted by Crippen LogP contribution is 2.45. The summed E-state index contributed by atoms with van der Waals surface area (Å²) in [6, 6.07) is 38.9. The number of alkyl halides is 6. The lowest BCUT2D eigenvalue weighted by Crippen LogP contribution is -2.12. The zero-order chi connectivity index (χ0) is 38.7. The Hall–Kier alpha value is -6.29. The van der Waals surface area contributed by atoms with Crippen LogP contribution in [0.1, 0.15) is 37.5 Å². The van der Waals surface area contributed by atoms with Crippen LogP contribution in [0.4, 0.5) is 26.3 Å². The second-order valence-electron chi connectivity index (χ2n) is 14.4.